The summed E-state index contributed by atoms with van der Waals surface area (Å²) in [4.78, 5) is 4.16. The molecule has 0 saturated carbocycles. The van der Waals surface area contributed by atoms with Crippen molar-refractivity contribution in [3.8, 4) is 33.8 Å². The van der Waals surface area contributed by atoms with E-state index in [1.165, 1.54) is 22.3 Å². The molecule has 8 nitrogen and oxygen atoms in total. The van der Waals surface area contributed by atoms with E-state index in [-0.39, 0.29) is 11.8 Å². The van der Waals surface area contributed by atoms with Crippen LogP contribution in [0.2, 0.25) is 5.02 Å². The molecule has 53 heavy (non-hydrogen) atoms. The summed E-state index contributed by atoms with van der Waals surface area (Å²) in [6.07, 6.45) is 13.1. The van der Waals surface area contributed by atoms with E-state index >= 15 is 0 Å². The number of nitrogens with one attached hydrogen (secondary N) is 3. The van der Waals surface area contributed by atoms with E-state index in [1.807, 2.05) is 99.0 Å². The molecule has 2 unspecified atom stereocenters. The molecule has 0 fully saturated rings. The van der Waals surface area contributed by atoms with Crippen molar-refractivity contribution in [1.29, 1.82) is 0 Å². The van der Waals surface area contributed by atoms with E-state index in [0.29, 0.717) is 0 Å². The van der Waals surface area contributed by atoms with Gasteiger partial charge in [0.2, 0.25) is 0 Å². The van der Waals surface area contributed by atoms with Crippen LogP contribution in [0.1, 0.15) is 34.1 Å². The SMILES string of the molecule is CNCC(c1ccc(Oc2ccccc2)cc1)c1ccc(-c2cn[nH]c2)cc1.Clc1ccc(C(Cn2ccnc2)c2ccc(-c3cn[nH]c3)cc2)cc1. The van der Waals surface area contributed by atoms with Crippen molar-refractivity contribution in [3.63, 3.8) is 0 Å². The Bertz CT molecular complexity index is 2220. The molecule has 2 atom stereocenters. The zero-order valence-electron chi connectivity index (χ0n) is 29.3. The van der Waals surface area contributed by atoms with Crippen molar-refractivity contribution in [2.24, 2.45) is 0 Å². The quantitative estimate of drug-likeness (QED) is 0.117. The summed E-state index contributed by atoms with van der Waals surface area (Å²) in [7, 11) is 1.99. The summed E-state index contributed by atoms with van der Waals surface area (Å²) in [5.41, 5.74) is 9.51. The van der Waals surface area contributed by atoms with E-state index in [2.05, 4.69) is 108 Å². The second kappa shape index (κ2) is 17.3. The molecule has 0 aliphatic heterocycles. The third kappa shape index (κ3) is 9.18. The lowest BCUT2D eigenvalue weighted by Gasteiger charge is -2.19. The Morgan fingerprint density at radius 3 is 1.62 bits per heavy atom. The minimum atomic E-state index is 0.227. The Morgan fingerprint density at radius 2 is 1.13 bits per heavy atom. The summed E-state index contributed by atoms with van der Waals surface area (Å²) in [6.45, 7) is 1.69. The van der Waals surface area contributed by atoms with Crippen LogP contribution in [-0.2, 0) is 6.54 Å². The van der Waals surface area contributed by atoms with Crippen LogP contribution in [0.5, 0.6) is 11.5 Å². The minimum absolute atomic E-state index is 0.227. The van der Waals surface area contributed by atoms with E-state index < -0.39 is 0 Å². The van der Waals surface area contributed by atoms with Crippen LogP contribution in [0.15, 0.2) is 171 Å². The molecule has 8 aromatic rings. The lowest BCUT2D eigenvalue weighted by molar-refractivity contribution is 0.482. The van der Waals surface area contributed by atoms with Crippen molar-refractivity contribution in [3.05, 3.63) is 198 Å². The normalized spacial score (nSPS) is 12.0. The maximum Gasteiger partial charge on any atom is 0.127 e. The summed E-state index contributed by atoms with van der Waals surface area (Å²) in [5, 5.41) is 17.8. The van der Waals surface area contributed by atoms with Gasteiger partial charge >= 0.3 is 0 Å². The maximum absolute atomic E-state index is 6.06. The van der Waals surface area contributed by atoms with Gasteiger partial charge in [-0.1, -0.05) is 103 Å². The van der Waals surface area contributed by atoms with Gasteiger partial charge in [0.05, 0.1) is 18.7 Å². The van der Waals surface area contributed by atoms with Crippen LogP contribution < -0.4 is 10.1 Å². The highest BCUT2D eigenvalue weighted by molar-refractivity contribution is 6.30. The van der Waals surface area contributed by atoms with Gasteiger partial charge in [-0.2, -0.15) is 10.2 Å². The second-order valence-electron chi connectivity index (χ2n) is 12.7. The summed E-state index contributed by atoms with van der Waals surface area (Å²) >= 11 is 6.06. The smallest absolute Gasteiger partial charge is 0.127 e. The summed E-state index contributed by atoms with van der Waals surface area (Å²) in [5.74, 6) is 2.18. The number of rotatable bonds is 12. The second-order valence-corrected chi connectivity index (χ2v) is 13.1. The molecule has 8 rings (SSSR count). The molecule has 3 heterocycles. The number of H-pyrrole nitrogens is 2. The van der Waals surface area contributed by atoms with Crippen LogP contribution in [0.25, 0.3) is 22.3 Å². The van der Waals surface area contributed by atoms with E-state index in [0.717, 1.165) is 51.9 Å². The van der Waals surface area contributed by atoms with Crippen molar-refractivity contribution in [2.45, 2.75) is 18.4 Å². The van der Waals surface area contributed by atoms with Gasteiger partial charge in [0.1, 0.15) is 11.5 Å². The number of likely N-dealkylation sites (N-methyl/N-ethyl adjacent to an activating group) is 1. The Labute approximate surface area is 314 Å². The number of imidazole rings is 1. The molecule has 9 heteroatoms. The topological polar surface area (TPSA) is 96.4 Å². The first-order valence-corrected chi connectivity index (χ1v) is 17.9. The van der Waals surface area contributed by atoms with Crippen LogP contribution in [0.3, 0.4) is 0 Å². The Hall–Kier alpha value is -6.22. The standard InChI is InChI=1S/C24H23N3O.C20H17ClN4/c1-25-17-24(19-9-7-18(8-10-19)21-15-26-27-16-21)20-11-13-23(14-12-20)28-22-5-3-2-4-6-22;21-19-7-5-17(6-8-19)20(13-25-10-9-22-14-25)16-3-1-15(2-4-16)18-11-23-24-12-18/h2-16,24-25H,17H2,1H3,(H,26,27);1-12,14,20H,13H2,(H,23,24). The van der Waals surface area contributed by atoms with E-state index in [1.54, 1.807) is 6.20 Å². The monoisotopic (exact) mass is 717 g/mol. The number of aromatic nitrogens is 6. The van der Waals surface area contributed by atoms with Gasteiger partial charge in [-0.3, -0.25) is 10.2 Å². The van der Waals surface area contributed by atoms with Gasteiger partial charge in [0, 0.05) is 65.9 Å². The fourth-order valence-corrected chi connectivity index (χ4v) is 6.49. The molecular formula is C44H40ClN7O. The highest BCUT2D eigenvalue weighted by Gasteiger charge is 2.16. The summed E-state index contributed by atoms with van der Waals surface area (Å²) in [6, 6.07) is 43.6. The molecule has 0 spiro atoms. The third-order valence-corrected chi connectivity index (χ3v) is 9.44. The molecule has 3 aromatic heterocycles. The van der Waals surface area contributed by atoms with Crippen LogP contribution >= 0.6 is 11.6 Å². The minimum Gasteiger partial charge on any atom is -0.457 e. The van der Waals surface area contributed by atoms with Gasteiger partial charge in [0.15, 0.2) is 0 Å². The fraction of sp³-hybridized carbons (Fsp3) is 0.114. The number of hydrogen-bond donors (Lipinski definition) is 3. The van der Waals surface area contributed by atoms with Crippen molar-refractivity contribution in [2.75, 3.05) is 13.6 Å². The van der Waals surface area contributed by atoms with Crippen molar-refractivity contribution in [1.82, 2.24) is 35.3 Å². The first kappa shape index (κ1) is 35.2. The predicted octanol–water partition coefficient (Wildman–Crippen LogP) is 9.98. The van der Waals surface area contributed by atoms with Crippen molar-refractivity contribution < 1.29 is 4.74 Å². The molecule has 0 radical (unpaired) electrons. The zero-order chi connectivity index (χ0) is 36.2. The highest BCUT2D eigenvalue weighted by Crippen LogP contribution is 2.31. The van der Waals surface area contributed by atoms with E-state index in [4.69, 9.17) is 16.3 Å². The molecule has 0 bridgehead atoms. The lowest BCUT2D eigenvalue weighted by Crippen LogP contribution is -2.18. The number of hydrogen-bond acceptors (Lipinski definition) is 5. The Kier molecular flexibility index (Phi) is 11.5. The molecule has 264 valence electrons. The number of nitrogens with zero attached hydrogens (tertiary/aromatic N) is 4. The Balaban J connectivity index is 0.000000165. The number of benzene rings is 5. The lowest BCUT2D eigenvalue weighted by atomic mass is 9.90. The van der Waals surface area contributed by atoms with E-state index in [9.17, 15) is 0 Å². The average molecular weight is 718 g/mol. The van der Waals surface area contributed by atoms with Crippen LogP contribution in [0, 0.1) is 0 Å². The van der Waals surface area contributed by atoms with Gasteiger partial charge in [-0.05, 0) is 76.8 Å². The average Bonchev–Trinajstić information content (AvgIpc) is 4.04. The predicted molar refractivity (Wildman–Crippen MR) is 212 cm³/mol. The maximum atomic E-state index is 6.06. The largest absolute Gasteiger partial charge is 0.457 e. The molecule has 5 aromatic carbocycles. The zero-order valence-corrected chi connectivity index (χ0v) is 30.1. The third-order valence-electron chi connectivity index (χ3n) is 9.18. The number of aromatic amines is 2. The van der Waals surface area contributed by atoms with Gasteiger partial charge < -0.3 is 14.6 Å². The highest BCUT2D eigenvalue weighted by atomic mass is 35.5. The fourth-order valence-electron chi connectivity index (χ4n) is 6.36. The number of para-hydroxylation sites is 1. The molecule has 3 N–H and O–H groups in total. The summed E-state index contributed by atoms with van der Waals surface area (Å²) < 4.78 is 8.01. The van der Waals surface area contributed by atoms with Crippen molar-refractivity contribution >= 4 is 11.6 Å². The first-order chi connectivity index (χ1) is 26.1. The van der Waals surface area contributed by atoms with Gasteiger partial charge in [-0.15, -0.1) is 0 Å². The molecule has 0 saturated heterocycles. The number of ether oxygens (including phenoxy) is 1. The number of halogens is 1. The van der Waals surface area contributed by atoms with Crippen LogP contribution in [-0.4, -0.2) is 43.5 Å². The molecule has 0 aliphatic rings. The first-order valence-electron chi connectivity index (χ1n) is 17.5. The molecule has 0 amide bonds. The van der Waals surface area contributed by atoms with Crippen LogP contribution in [0.4, 0.5) is 0 Å². The van der Waals surface area contributed by atoms with Gasteiger partial charge in [0.25, 0.3) is 0 Å². The Morgan fingerprint density at radius 1 is 0.623 bits per heavy atom. The molecular weight excluding hydrogens is 678 g/mol. The van der Waals surface area contributed by atoms with Gasteiger partial charge in [-0.25, -0.2) is 4.98 Å². The molecule has 0 aliphatic carbocycles.